The topological polar surface area (TPSA) is 34.9 Å². The van der Waals surface area contributed by atoms with Crippen LogP contribution in [0.1, 0.15) is 47.1 Å². The number of hydrogen-bond donors (Lipinski definition) is 0. The molecule has 20 heavy (non-hydrogen) atoms. The van der Waals surface area contributed by atoms with E-state index in [1.807, 2.05) is 44.3 Å². The van der Waals surface area contributed by atoms with Crippen LogP contribution in [0.25, 0.3) is 6.08 Å². The van der Waals surface area contributed by atoms with Crippen molar-refractivity contribution in [3.8, 4) is 0 Å². The predicted octanol–water partition coefficient (Wildman–Crippen LogP) is 3.75. The largest absolute Gasteiger partial charge is 0.289 e. The maximum Gasteiger partial charge on any atom is 0.185 e. The lowest BCUT2D eigenvalue weighted by molar-refractivity contribution is 0.104. The second kappa shape index (κ2) is 5.87. The SMILES string of the molecule is Cc1cc(/C=C/C(=O)c2ccc(C(C)C)cc2)n(C)n1. The predicted molar refractivity (Wildman–Crippen MR) is 81.8 cm³/mol. The molecule has 0 unspecified atom stereocenters. The van der Waals surface area contributed by atoms with Gasteiger partial charge in [-0.25, -0.2) is 0 Å². The molecule has 0 bridgehead atoms. The summed E-state index contributed by atoms with van der Waals surface area (Å²) in [6, 6.07) is 9.75. The Hall–Kier alpha value is -2.16. The van der Waals surface area contributed by atoms with Crippen molar-refractivity contribution in [2.75, 3.05) is 0 Å². The number of hydrogen-bond acceptors (Lipinski definition) is 2. The summed E-state index contributed by atoms with van der Waals surface area (Å²) in [6.07, 6.45) is 3.40. The molecule has 0 spiro atoms. The van der Waals surface area contributed by atoms with Gasteiger partial charge in [0.05, 0.1) is 11.4 Å². The highest BCUT2D eigenvalue weighted by Crippen LogP contribution is 2.15. The number of ketones is 1. The third-order valence-electron chi connectivity index (χ3n) is 3.31. The summed E-state index contributed by atoms with van der Waals surface area (Å²) in [6.45, 7) is 6.22. The Morgan fingerprint density at radius 3 is 2.40 bits per heavy atom. The van der Waals surface area contributed by atoms with E-state index in [1.54, 1.807) is 16.8 Å². The smallest absolute Gasteiger partial charge is 0.185 e. The molecule has 0 fully saturated rings. The average Bonchev–Trinajstić information content (AvgIpc) is 2.74. The van der Waals surface area contributed by atoms with Gasteiger partial charge in [-0.1, -0.05) is 38.1 Å². The second-order valence-corrected chi connectivity index (χ2v) is 5.31. The van der Waals surface area contributed by atoms with Crippen molar-refractivity contribution in [1.29, 1.82) is 0 Å². The minimum Gasteiger partial charge on any atom is -0.289 e. The van der Waals surface area contributed by atoms with E-state index in [0.717, 1.165) is 11.4 Å². The number of rotatable bonds is 4. The Kier molecular flexibility index (Phi) is 4.18. The zero-order valence-electron chi connectivity index (χ0n) is 12.4. The van der Waals surface area contributed by atoms with Crippen LogP contribution in [0.4, 0.5) is 0 Å². The molecular weight excluding hydrogens is 248 g/mol. The Balaban J connectivity index is 2.13. The minimum atomic E-state index is 0.0131. The fourth-order valence-electron chi connectivity index (χ4n) is 2.08. The van der Waals surface area contributed by atoms with Crippen molar-refractivity contribution in [2.24, 2.45) is 7.05 Å². The van der Waals surface area contributed by atoms with Crippen molar-refractivity contribution < 1.29 is 4.79 Å². The molecule has 3 heteroatoms. The molecule has 1 aromatic carbocycles. The highest BCUT2D eigenvalue weighted by Gasteiger charge is 2.04. The molecule has 1 aromatic heterocycles. The monoisotopic (exact) mass is 268 g/mol. The van der Waals surface area contributed by atoms with Crippen LogP contribution >= 0.6 is 0 Å². The molecule has 2 aromatic rings. The van der Waals surface area contributed by atoms with Gasteiger partial charge in [0.2, 0.25) is 0 Å². The van der Waals surface area contributed by atoms with Gasteiger partial charge in [-0.05, 0) is 36.6 Å². The normalized spacial score (nSPS) is 11.4. The fraction of sp³-hybridized carbons (Fsp3) is 0.294. The van der Waals surface area contributed by atoms with Crippen LogP contribution in [-0.4, -0.2) is 15.6 Å². The summed E-state index contributed by atoms with van der Waals surface area (Å²) in [7, 11) is 1.87. The van der Waals surface area contributed by atoms with E-state index >= 15 is 0 Å². The molecular formula is C17H20N2O. The van der Waals surface area contributed by atoms with Crippen molar-refractivity contribution in [3.05, 3.63) is 58.9 Å². The van der Waals surface area contributed by atoms with Crippen LogP contribution in [0.3, 0.4) is 0 Å². The quantitative estimate of drug-likeness (QED) is 0.625. The minimum absolute atomic E-state index is 0.0131. The number of allylic oxidation sites excluding steroid dienone is 1. The number of aryl methyl sites for hydroxylation is 2. The van der Waals surface area contributed by atoms with E-state index < -0.39 is 0 Å². The molecule has 104 valence electrons. The van der Waals surface area contributed by atoms with Gasteiger partial charge in [-0.2, -0.15) is 5.10 Å². The molecule has 3 nitrogen and oxygen atoms in total. The first-order chi connectivity index (χ1) is 9.47. The highest BCUT2D eigenvalue weighted by molar-refractivity contribution is 6.06. The lowest BCUT2D eigenvalue weighted by Crippen LogP contribution is -1.97. The van der Waals surface area contributed by atoms with Crippen LogP contribution < -0.4 is 0 Å². The molecule has 0 saturated heterocycles. The van der Waals surface area contributed by atoms with E-state index in [-0.39, 0.29) is 5.78 Å². The summed E-state index contributed by atoms with van der Waals surface area (Å²) < 4.78 is 1.76. The van der Waals surface area contributed by atoms with Crippen molar-refractivity contribution >= 4 is 11.9 Å². The maximum atomic E-state index is 12.1. The van der Waals surface area contributed by atoms with Crippen molar-refractivity contribution in [1.82, 2.24) is 9.78 Å². The number of benzene rings is 1. The summed E-state index contributed by atoms with van der Waals surface area (Å²) in [4.78, 5) is 12.1. The van der Waals surface area contributed by atoms with Crippen LogP contribution in [0.2, 0.25) is 0 Å². The average molecular weight is 268 g/mol. The van der Waals surface area contributed by atoms with E-state index in [9.17, 15) is 4.79 Å². The molecule has 0 radical (unpaired) electrons. The third-order valence-corrected chi connectivity index (χ3v) is 3.31. The molecule has 2 rings (SSSR count). The first-order valence-electron chi connectivity index (χ1n) is 6.80. The maximum absolute atomic E-state index is 12.1. The van der Waals surface area contributed by atoms with Crippen molar-refractivity contribution in [2.45, 2.75) is 26.7 Å². The summed E-state index contributed by atoms with van der Waals surface area (Å²) in [5, 5.41) is 4.25. The van der Waals surface area contributed by atoms with E-state index in [0.29, 0.717) is 11.5 Å². The van der Waals surface area contributed by atoms with Gasteiger partial charge in [0.1, 0.15) is 0 Å². The number of nitrogens with zero attached hydrogens (tertiary/aromatic N) is 2. The number of aromatic nitrogens is 2. The van der Waals surface area contributed by atoms with Crippen LogP contribution in [-0.2, 0) is 7.05 Å². The van der Waals surface area contributed by atoms with Crippen molar-refractivity contribution in [3.63, 3.8) is 0 Å². The van der Waals surface area contributed by atoms with Gasteiger partial charge >= 0.3 is 0 Å². The number of carbonyl (C=O) groups is 1. The van der Waals surface area contributed by atoms with Crippen LogP contribution in [0.5, 0.6) is 0 Å². The summed E-state index contributed by atoms with van der Waals surface area (Å²) in [5.41, 5.74) is 3.83. The molecule has 0 aliphatic rings. The fourth-order valence-corrected chi connectivity index (χ4v) is 2.08. The third kappa shape index (κ3) is 3.23. The zero-order chi connectivity index (χ0) is 14.7. The first-order valence-corrected chi connectivity index (χ1v) is 6.80. The standard InChI is InChI=1S/C17H20N2O/c1-12(2)14-5-7-15(8-6-14)17(20)10-9-16-11-13(3)18-19(16)4/h5-12H,1-4H3/b10-9+. The molecule has 0 saturated carbocycles. The van der Waals surface area contributed by atoms with Gasteiger partial charge < -0.3 is 0 Å². The Morgan fingerprint density at radius 1 is 1.25 bits per heavy atom. The van der Waals surface area contributed by atoms with Gasteiger partial charge in [-0.15, -0.1) is 0 Å². The van der Waals surface area contributed by atoms with Gasteiger partial charge in [0, 0.05) is 12.6 Å². The molecule has 0 atom stereocenters. The van der Waals surface area contributed by atoms with Gasteiger partial charge in [-0.3, -0.25) is 9.48 Å². The lowest BCUT2D eigenvalue weighted by Gasteiger charge is -2.05. The Bertz CT molecular complexity index is 634. The molecule has 1 heterocycles. The number of carbonyl (C=O) groups excluding carboxylic acids is 1. The van der Waals surface area contributed by atoms with E-state index in [2.05, 4.69) is 18.9 Å². The molecule has 0 aliphatic carbocycles. The first kappa shape index (κ1) is 14.3. The lowest BCUT2D eigenvalue weighted by atomic mass is 10.0. The Morgan fingerprint density at radius 2 is 1.90 bits per heavy atom. The van der Waals surface area contributed by atoms with Gasteiger partial charge in [0.15, 0.2) is 5.78 Å². The summed E-state index contributed by atoms with van der Waals surface area (Å²) in [5.74, 6) is 0.492. The Labute approximate surface area is 119 Å². The van der Waals surface area contributed by atoms with Crippen LogP contribution in [0.15, 0.2) is 36.4 Å². The second-order valence-electron chi connectivity index (χ2n) is 5.31. The van der Waals surface area contributed by atoms with E-state index in [1.165, 1.54) is 5.56 Å². The van der Waals surface area contributed by atoms with Crippen LogP contribution in [0, 0.1) is 6.92 Å². The zero-order valence-corrected chi connectivity index (χ0v) is 12.4. The van der Waals surface area contributed by atoms with Gasteiger partial charge in [0.25, 0.3) is 0 Å². The highest BCUT2D eigenvalue weighted by atomic mass is 16.1. The van der Waals surface area contributed by atoms with E-state index in [4.69, 9.17) is 0 Å². The summed E-state index contributed by atoms with van der Waals surface area (Å²) >= 11 is 0. The molecule has 0 aliphatic heterocycles. The molecule has 0 N–H and O–H groups in total. The molecule has 0 amide bonds.